The summed E-state index contributed by atoms with van der Waals surface area (Å²) in [5.41, 5.74) is 13.2. The molecular formula is C18H21N3. The lowest BCUT2D eigenvalue weighted by Gasteiger charge is -2.12. The van der Waals surface area contributed by atoms with E-state index in [1.165, 1.54) is 22.3 Å². The molecule has 2 N–H and O–H groups in total. The van der Waals surface area contributed by atoms with Crippen LogP contribution in [0.4, 0.5) is 0 Å². The van der Waals surface area contributed by atoms with Crippen LogP contribution in [0.3, 0.4) is 0 Å². The Bertz CT molecular complexity index is 776. The molecule has 0 bridgehead atoms. The molecule has 3 nitrogen and oxygen atoms in total. The molecule has 0 fully saturated rings. The van der Waals surface area contributed by atoms with Crippen LogP contribution in [0.15, 0.2) is 36.4 Å². The summed E-state index contributed by atoms with van der Waals surface area (Å²) in [6.45, 7) is 7.74. The lowest BCUT2D eigenvalue weighted by molar-refractivity contribution is 0.688. The van der Waals surface area contributed by atoms with Gasteiger partial charge in [-0.15, -0.1) is 0 Å². The standard InChI is InChI=1S/C18H21N3/c1-12-8-13(2)16(14(3)9-12)11-21-18-7-5-4-6-15(18)17(10-19)20-21/h4-9H,10-11,19H2,1-3H3. The van der Waals surface area contributed by atoms with Crippen LogP contribution in [0.2, 0.25) is 0 Å². The second-order valence-electron chi connectivity index (χ2n) is 5.70. The molecule has 0 aliphatic carbocycles. The Balaban J connectivity index is 2.11. The smallest absolute Gasteiger partial charge is 0.0839 e. The number of nitrogens with zero attached hydrogens (tertiary/aromatic N) is 2. The molecule has 3 heteroatoms. The van der Waals surface area contributed by atoms with Gasteiger partial charge in [-0.05, 0) is 43.5 Å². The van der Waals surface area contributed by atoms with Crippen LogP contribution in [0, 0.1) is 20.8 Å². The maximum atomic E-state index is 5.83. The highest BCUT2D eigenvalue weighted by Crippen LogP contribution is 2.22. The quantitative estimate of drug-likeness (QED) is 0.798. The van der Waals surface area contributed by atoms with Crippen molar-refractivity contribution in [2.45, 2.75) is 33.9 Å². The van der Waals surface area contributed by atoms with Gasteiger partial charge in [0.1, 0.15) is 0 Å². The molecule has 2 aromatic carbocycles. The Hall–Kier alpha value is -2.13. The maximum Gasteiger partial charge on any atom is 0.0839 e. The second kappa shape index (κ2) is 5.34. The summed E-state index contributed by atoms with van der Waals surface area (Å²) in [6.07, 6.45) is 0. The van der Waals surface area contributed by atoms with Crippen molar-refractivity contribution in [2.24, 2.45) is 5.73 Å². The van der Waals surface area contributed by atoms with E-state index in [1.54, 1.807) is 0 Å². The summed E-state index contributed by atoms with van der Waals surface area (Å²) in [6, 6.07) is 12.8. The summed E-state index contributed by atoms with van der Waals surface area (Å²) in [4.78, 5) is 0. The first-order chi connectivity index (χ1) is 10.1. The number of aromatic nitrogens is 2. The zero-order valence-corrected chi connectivity index (χ0v) is 12.9. The SMILES string of the molecule is Cc1cc(C)c(Cn2nc(CN)c3ccccc32)c(C)c1. The van der Waals surface area contributed by atoms with Gasteiger partial charge in [0.15, 0.2) is 0 Å². The number of nitrogens with two attached hydrogens (primary N) is 1. The molecule has 0 unspecified atom stereocenters. The van der Waals surface area contributed by atoms with Crippen LogP contribution in [0.5, 0.6) is 0 Å². The number of rotatable bonds is 3. The minimum Gasteiger partial charge on any atom is -0.325 e. The van der Waals surface area contributed by atoms with Gasteiger partial charge in [0.25, 0.3) is 0 Å². The van der Waals surface area contributed by atoms with Gasteiger partial charge in [-0.25, -0.2) is 0 Å². The third-order valence-electron chi connectivity index (χ3n) is 4.08. The van der Waals surface area contributed by atoms with Crippen LogP contribution < -0.4 is 5.73 Å². The Morgan fingerprint density at radius 2 is 1.71 bits per heavy atom. The zero-order chi connectivity index (χ0) is 15.0. The van der Waals surface area contributed by atoms with E-state index in [1.807, 2.05) is 6.07 Å². The van der Waals surface area contributed by atoms with Crippen LogP contribution in [0.1, 0.15) is 27.9 Å². The van der Waals surface area contributed by atoms with Gasteiger partial charge in [0.2, 0.25) is 0 Å². The van der Waals surface area contributed by atoms with Gasteiger partial charge < -0.3 is 5.73 Å². The van der Waals surface area contributed by atoms with E-state index < -0.39 is 0 Å². The van der Waals surface area contributed by atoms with E-state index in [2.05, 4.69) is 55.8 Å². The Morgan fingerprint density at radius 3 is 2.38 bits per heavy atom. The van der Waals surface area contributed by atoms with Gasteiger partial charge in [0, 0.05) is 11.9 Å². The molecule has 0 radical (unpaired) electrons. The molecule has 0 amide bonds. The van der Waals surface area contributed by atoms with Crippen molar-refractivity contribution in [3.05, 3.63) is 64.3 Å². The van der Waals surface area contributed by atoms with Crippen LogP contribution in [-0.2, 0) is 13.1 Å². The fourth-order valence-corrected chi connectivity index (χ4v) is 3.08. The van der Waals surface area contributed by atoms with Gasteiger partial charge in [-0.3, -0.25) is 4.68 Å². The van der Waals surface area contributed by atoms with E-state index in [0.717, 1.165) is 23.1 Å². The fourth-order valence-electron chi connectivity index (χ4n) is 3.08. The molecule has 3 rings (SSSR count). The van der Waals surface area contributed by atoms with Crippen LogP contribution in [0.25, 0.3) is 10.9 Å². The first kappa shape index (κ1) is 13.8. The molecule has 0 saturated heterocycles. The van der Waals surface area contributed by atoms with E-state index in [0.29, 0.717) is 6.54 Å². The zero-order valence-electron chi connectivity index (χ0n) is 12.9. The van der Waals surface area contributed by atoms with E-state index >= 15 is 0 Å². The predicted octanol–water partition coefficient (Wildman–Crippen LogP) is 3.47. The number of para-hydroxylation sites is 1. The van der Waals surface area contributed by atoms with Crippen molar-refractivity contribution in [2.75, 3.05) is 0 Å². The minimum absolute atomic E-state index is 0.472. The van der Waals surface area contributed by atoms with Crippen LogP contribution >= 0.6 is 0 Å². The van der Waals surface area contributed by atoms with Crippen molar-refractivity contribution < 1.29 is 0 Å². The van der Waals surface area contributed by atoms with Gasteiger partial charge >= 0.3 is 0 Å². The first-order valence-electron chi connectivity index (χ1n) is 7.31. The van der Waals surface area contributed by atoms with Gasteiger partial charge in [-0.2, -0.15) is 5.10 Å². The molecule has 0 spiro atoms. The summed E-state index contributed by atoms with van der Waals surface area (Å²) >= 11 is 0. The summed E-state index contributed by atoms with van der Waals surface area (Å²) < 4.78 is 2.07. The van der Waals surface area contributed by atoms with E-state index in [9.17, 15) is 0 Å². The number of benzene rings is 2. The Morgan fingerprint density at radius 1 is 1.05 bits per heavy atom. The molecule has 0 aliphatic heterocycles. The number of hydrogen-bond acceptors (Lipinski definition) is 2. The van der Waals surface area contributed by atoms with E-state index in [-0.39, 0.29) is 0 Å². The largest absolute Gasteiger partial charge is 0.325 e. The third-order valence-corrected chi connectivity index (χ3v) is 4.08. The van der Waals surface area contributed by atoms with Crippen molar-refractivity contribution in [1.29, 1.82) is 0 Å². The normalized spacial score (nSPS) is 11.2. The molecule has 1 aromatic heterocycles. The van der Waals surface area contributed by atoms with Crippen molar-refractivity contribution in [3.63, 3.8) is 0 Å². The predicted molar refractivity (Wildman–Crippen MR) is 87.4 cm³/mol. The topological polar surface area (TPSA) is 43.8 Å². The molecule has 0 aliphatic rings. The molecule has 0 atom stereocenters. The highest BCUT2D eigenvalue weighted by atomic mass is 15.3. The molecule has 1 heterocycles. The summed E-state index contributed by atoms with van der Waals surface area (Å²) in [5.74, 6) is 0. The highest BCUT2D eigenvalue weighted by molar-refractivity contribution is 5.82. The van der Waals surface area contributed by atoms with E-state index in [4.69, 9.17) is 10.8 Å². The average Bonchev–Trinajstić information content (AvgIpc) is 2.81. The van der Waals surface area contributed by atoms with Gasteiger partial charge in [0.05, 0.1) is 17.8 Å². The Kier molecular flexibility index (Phi) is 3.52. The first-order valence-corrected chi connectivity index (χ1v) is 7.31. The maximum absolute atomic E-state index is 5.83. The van der Waals surface area contributed by atoms with Crippen molar-refractivity contribution in [3.8, 4) is 0 Å². The Labute approximate surface area is 125 Å². The molecule has 0 saturated carbocycles. The monoisotopic (exact) mass is 279 g/mol. The van der Waals surface area contributed by atoms with Gasteiger partial charge in [-0.1, -0.05) is 35.9 Å². The average molecular weight is 279 g/mol. The van der Waals surface area contributed by atoms with Crippen molar-refractivity contribution in [1.82, 2.24) is 9.78 Å². The lowest BCUT2D eigenvalue weighted by atomic mass is 10.00. The summed E-state index contributed by atoms with van der Waals surface area (Å²) in [5, 5.41) is 5.85. The fraction of sp³-hybridized carbons (Fsp3) is 0.278. The lowest BCUT2D eigenvalue weighted by Crippen LogP contribution is -2.07. The molecule has 21 heavy (non-hydrogen) atoms. The highest BCUT2D eigenvalue weighted by Gasteiger charge is 2.11. The molecule has 3 aromatic rings. The second-order valence-corrected chi connectivity index (χ2v) is 5.70. The third kappa shape index (κ3) is 2.45. The minimum atomic E-state index is 0.472. The van der Waals surface area contributed by atoms with Crippen LogP contribution in [-0.4, -0.2) is 9.78 Å². The number of hydrogen-bond donors (Lipinski definition) is 1. The summed E-state index contributed by atoms with van der Waals surface area (Å²) in [7, 11) is 0. The number of fused-ring (bicyclic) bond motifs is 1. The molecular weight excluding hydrogens is 258 g/mol. The number of aryl methyl sites for hydroxylation is 3. The molecule has 108 valence electrons. The van der Waals surface area contributed by atoms with Crippen molar-refractivity contribution >= 4 is 10.9 Å².